The lowest BCUT2D eigenvalue weighted by atomic mass is 10.1. The van der Waals surface area contributed by atoms with Gasteiger partial charge in [-0.15, -0.1) is 0 Å². The quantitative estimate of drug-likeness (QED) is 0.919. The van der Waals surface area contributed by atoms with E-state index in [-0.39, 0.29) is 12.0 Å². The van der Waals surface area contributed by atoms with Crippen LogP contribution in [0.3, 0.4) is 0 Å². The van der Waals surface area contributed by atoms with Crippen molar-refractivity contribution in [3.05, 3.63) is 30.0 Å². The van der Waals surface area contributed by atoms with E-state index < -0.39 is 0 Å². The predicted octanol–water partition coefficient (Wildman–Crippen LogP) is 2.74. The molecule has 1 N–H and O–H groups in total. The molecule has 1 aromatic heterocycles. The second-order valence-electron chi connectivity index (χ2n) is 5.08. The van der Waals surface area contributed by atoms with Gasteiger partial charge in [0, 0.05) is 18.7 Å². The molecule has 5 heteroatoms. The fourth-order valence-corrected chi connectivity index (χ4v) is 2.56. The third kappa shape index (κ3) is 3.03. The van der Waals surface area contributed by atoms with Gasteiger partial charge in [0.2, 0.25) is 0 Å². The number of fused-ring (bicyclic) bond motifs is 1. The van der Waals surface area contributed by atoms with E-state index in [0.29, 0.717) is 30.0 Å². The summed E-state index contributed by atoms with van der Waals surface area (Å²) in [5, 5.41) is 3.79. The minimum absolute atomic E-state index is 0.132. The molecule has 1 aliphatic heterocycles. The van der Waals surface area contributed by atoms with Crippen LogP contribution >= 0.6 is 0 Å². The van der Waals surface area contributed by atoms with Crippen LogP contribution in [0, 0.1) is 0 Å². The number of hydrogen-bond donors (Lipinski definition) is 1. The highest BCUT2D eigenvalue weighted by molar-refractivity contribution is 5.99. The van der Waals surface area contributed by atoms with Crippen molar-refractivity contribution < 1.29 is 18.7 Å². The number of hydrogen-bond acceptors (Lipinski definition) is 4. The molecule has 1 fully saturated rings. The van der Waals surface area contributed by atoms with Crippen molar-refractivity contribution in [2.75, 3.05) is 19.8 Å². The van der Waals surface area contributed by atoms with Crippen LogP contribution in [-0.2, 0) is 4.74 Å². The van der Waals surface area contributed by atoms with E-state index in [4.69, 9.17) is 13.9 Å². The molecule has 1 unspecified atom stereocenters. The Morgan fingerprint density at radius 2 is 2.38 bits per heavy atom. The number of carbonyl (C=O) groups is 1. The maximum absolute atomic E-state index is 12.3. The monoisotopic (exact) mass is 289 g/mol. The summed E-state index contributed by atoms with van der Waals surface area (Å²) in [5.41, 5.74) is 1.20. The molecule has 3 rings (SSSR count). The molecule has 0 radical (unpaired) electrons. The topological polar surface area (TPSA) is 60.7 Å². The first-order chi connectivity index (χ1) is 10.3. The lowest BCUT2D eigenvalue weighted by Crippen LogP contribution is -2.31. The molecular formula is C16H19NO4. The molecule has 0 saturated carbocycles. The molecule has 1 saturated heterocycles. The molecule has 1 amide bonds. The molecule has 1 aromatic carbocycles. The maximum Gasteiger partial charge on any atom is 0.251 e. The second kappa shape index (κ2) is 6.18. The zero-order valence-electron chi connectivity index (χ0n) is 12.1. The van der Waals surface area contributed by atoms with Gasteiger partial charge in [0.05, 0.1) is 24.4 Å². The van der Waals surface area contributed by atoms with E-state index in [0.717, 1.165) is 24.8 Å². The first-order valence-corrected chi connectivity index (χ1v) is 7.31. The molecule has 1 aliphatic rings. The molecule has 2 aromatic rings. The first-order valence-electron chi connectivity index (χ1n) is 7.31. The van der Waals surface area contributed by atoms with E-state index in [1.807, 2.05) is 13.0 Å². The number of carbonyl (C=O) groups excluding carboxylic acids is 1. The predicted molar refractivity (Wildman–Crippen MR) is 78.7 cm³/mol. The molecule has 0 bridgehead atoms. The Morgan fingerprint density at radius 3 is 3.14 bits per heavy atom. The highest BCUT2D eigenvalue weighted by Crippen LogP contribution is 2.28. The van der Waals surface area contributed by atoms with Crippen LogP contribution in [-0.4, -0.2) is 31.8 Å². The number of ether oxygens (including phenoxy) is 2. The number of benzene rings is 1. The summed E-state index contributed by atoms with van der Waals surface area (Å²) >= 11 is 0. The Kier molecular flexibility index (Phi) is 4.10. The van der Waals surface area contributed by atoms with Crippen LogP contribution in [0.15, 0.2) is 28.9 Å². The highest BCUT2D eigenvalue weighted by atomic mass is 16.5. The van der Waals surface area contributed by atoms with Gasteiger partial charge >= 0.3 is 0 Å². The lowest BCUT2D eigenvalue weighted by Gasteiger charge is -2.12. The molecule has 2 heterocycles. The van der Waals surface area contributed by atoms with Gasteiger partial charge in [-0.3, -0.25) is 4.79 Å². The van der Waals surface area contributed by atoms with Crippen molar-refractivity contribution in [2.45, 2.75) is 25.9 Å². The SMILES string of the molecule is CCOc1cc(C(=O)NCC2CCCO2)cc2occc12. The Balaban J connectivity index is 1.76. The number of rotatable bonds is 5. The summed E-state index contributed by atoms with van der Waals surface area (Å²) in [6.07, 6.45) is 3.80. The third-order valence-corrected chi connectivity index (χ3v) is 3.61. The van der Waals surface area contributed by atoms with Gasteiger partial charge in [-0.25, -0.2) is 0 Å². The Morgan fingerprint density at radius 1 is 1.48 bits per heavy atom. The van der Waals surface area contributed by atoms with Crippen LogP contribution in [0.4, 0.5) is 0 Å². The van der Waals surface area contributed by atoms with Crippen molar-refractivity contribution in [3.8, 4) is 5.75 Å². The average molecular weight is 289 g/mol. The number of nitrogens with one attached hydrogen (secondary N) is 1. The fourth-order valence-electron chi connectivity index (χ4n) is 2.56. The van der Waals surface area contributed by atoms with E-state index in [2.05, 4.69) is 5.32 Å². The van der Waals surface area contributed by atoms with Gasteiger partial charge in [0.25, 0.3) is 5.91 Å². The Labute approximate surface area is 123 Å². The van der Waals surface area contributed by atoms with Crippen molar-refractivity contribution >= 4 is 16.9 Å². The van der Waals surface area contributed by atoms with Gasteiger partial charge in [-0.2, -0.15) is 0 Å². The van der Waals surface area contributed by atoms with Gasteiger partial charge in [0.1, 0.15) is 11.3 Å². The van der Waals surface area contributed by atoms with Gasteiger partial charge in [-0.05, 0) is 38.0 Å². The molecule has 21 heavy (non-hydrogen) atoms. The number of furan rings is 1. The van der Waals surface area contributed by atoms with Crippen molar-refractivity contribution in [1.82, 2.24) is 5.32 Å². The second-order valence-corrected chi connectivity index (χ2v) is 5.08. The Bertz CT molecular complexity index is 628. The standard InChI is InChI=1S/C16H19NO4/c1-2-19-14-8-11(9-15-13(14)5-7-21-15)16(18)17-10-12-4-3-6-20-12/h5,7-9,12H,2-4,6,10H2,1H3,(H,17,18). The first kappa shape index (κ1) is 13.9. The summed E-state index contributed by atoms with van der Waals surface area (Å²) in [7, 11) is 0. The van der Waals surface area contributed by atoms with Crippen LogP contribution in [0.2, 0.25) is 0 Å². The summed E-state index contributed by atoms with van der Waals surface area (Å²) in [6.45, 7) is 3.78. The van der Waals surface area contributed by atoms with Crippen LogP contribution in [0.5, 0.6) is 5.75 Å². The molecule has 0 spiro atoms. The van der Waals surface area contributed by atoms with Crippen molar-refractivity contribution in [2.24, 2.45) is 0 Å². The third-order valence-electron chi connectivity index (χ3n) is 3.61. The van der Waals surface area contributed by atoms with Crippen LogP contribution < -0.4 is 10.1 Å². The molecular weight excluding hydrogens is 270 g/mol. The smallest absolute Gasteiger partial charge is 0.251 e. The largest absolute Gasteiger partial charge is 0.493 e. The highest BCUT2D eigenvalue weighted by Gasteiger charge is 2.18. The molecule has 5 nitrogen and oxygen atoms in total. The van der Waals surface area contributed by atoms with Crippen LogP contribution in [0.1, 0.15) is 30.1 Å². The lowest BCUT2D eigenvalue weighted by molar-refractivity contribution is 0.0857. The fraction of sp³-hybridized carbons (Fsp3) is 0.438. The average Bonchev–Trinajstić information content (AvgIpc) is 3.16. The Hall–Kier alpha value is -2.01. The molecule has 0 aliphatic carbocycles. The van der Waals surface area contributed by atoms with E-state index in [1.165, 1.54) is 0 Å². The van der Waals surface area contributed by atoms with Crippen molar-refractivity contribution in [1.29, 1.82) is 0 Å². The zero-order chi connectivity index (χ0) is 14.7. The van der Waals surface area contributed by atoms with E-state index in [9.17, 15) is 4.79 Å². The summed E-state index contributed by atoms with van der Waals surface area (Å²) in [6, 6.07) is 5.34. The minimum atomic E-state index is -0.134. The van der Waals surface area contributed by atoms with Crippen LogP contribution in [0.25, 0.3) is 11.0 Å². The summed E-state index contributed by atoms with van der Waals surface area (Å²) in [4.78, 5) is 12.3. The van der Waals surface area contributed by atoms with Gasteiger partial charge in [-0.1, -0.05) is 0 Å². The van der Waals surface area contributed by atoms with E-state index in [1.54, 1.807) is 18.4 Å². The summed E-state index contributed by atoms with van der Waals surface area (Å²) < 4.78 is 16.5. The maximum atomic E-state index is 12.3. The van der Waals surface area contributed by atoms with Gasteiger partial charge < -0.3 is 19.2 Å². The van der Waals surface area contributed by atoms with E-state index >= 15 is 0 Å². The number of amides is 1. The van der Waals surface area contributed by atoms with Crippen molar-refractivity contribution in [3.63, 3.8) is 0 Å². The molecule has 112 valence electrons. The zero-order valence-corrected chi connectivity index (χ0v) is 12.1. The summed E-state index contributed by atoms with van der Waals surface area (Å²) in [5.74, 6) is 0.538. The minimum Gasteiger partial charge on any atom is -0.493 e. The normalized spacial score (nSPS) is 18.0. The van der Waals surface area contributed by atoms with Gasteiger partial charge in [0.15, 0.2) is 0 Å². The molecule has 1 atom stereocenters.